The van der Waals surface area contributed by atoms with Crippen LogP contribution >= 0.6 is 0 Å². The van der Waals surface area contributed by atoms with Gasteiger partial charge < -0.3 is 15.4 Å². The maximum absolute atomic E-state index is 11.0. The maximum atomic E-state index is 11.0. The van der Waals surface area contributed by atoms with Gasteiger partial charge in [0.2, 0.25) is 0 Å². The first-order valence-electron chi connectivity index (χ1n) is 8.79. The van der Waals surface area contributed by atoms with E-state index in [4.69, 9.17) is 10.7 Å². The number of aliphatic hydroxyl groups is 1. The minimum atomic E-state index is -0.618. The van der Waals surface area contributed by atoms with Gasteiger partial charge in [-0.2, -0.15) is 0 Å². The number of rotatable bonds is 4. The molecule has 5 nitrogen and oxygen atoms in total. The van der Waals surface area contributed by atoms with Crippen LogP contribution in [0.1, 0.15) is 62.5 Å². The molecule has 2 aromatic rings. The van der Waals surface area contributed by atoms with E-state index < -0.39 is 5.60 Å². The van der Waals surface area contributed by atoms with E-state index in [1.807, 2.05) is 6.92 Å². The largest absolute Gasteiger partial charge is 0.388 e. The van der Waals surface area contributed by atoms with Gasteiger partial charge in [0.25, 0.3) is 0 Å². The number of pyridine rings is 1. The Labute approximate surface area is 137 Å². The van der Waals surface area contributed by atoms with Crippen molar-refractivity contribution in [2.75, 3.05) is 5.73 Å². The van der Waals surface area contributed by atoms with Crippen LogP contribution in [0.5, 0.6) is 0 Å². The van der Waals surface area contributed by atoms with Crippen molar-refractivity contribution in [3.63, 3.8) is 0 Å². The van der Waals surface area contributed by atoms with E-state index >= 15 is 0 Å². The molecule has 126 valence electrons. The second kappa shape index (κ2) is 6.11. The number of anilines is 1. The molecule has 0 spiro atoms. The van der Waals surface area contributed by atoms with E-state index in [-0.39, 0.29) is 0 Å². The van der Waals surface area contributed by atoms with E-state index in [2.05, 4.69) is 23.4 Å². The second-order valence-corrected chi connectivity index (χ2v) is 7.05. The van der Waals surface area contributed by atoms with Crippen LogP contribution in [0.4, 0.5) is 5.82 Å². The third kappa shape index (κ3) is 2.94. The summed E-state index contributed by atoms with van der Waals surface area (Å²) < 4.78 is 2.21. The lowest BCUT2D eigenvalue weighted by Crippen LogP contribution is -2.36. The van der Waals surface area contributed by atoms with Gasteiger partial charge >= 0.3 is 0 Å². The van der Waals surface area contributed by atoms with Gasteiger partial charge in [-0.1, -0.05) is 26.2 Å². The number of hydrogen-bond donors (Lipinski definition) is 2. The van der Waals surface area contributed by atoms with Gasteiger partial charge in [0.15, 0.2) is 5.82 Å². The predicted octanol–water partition coefficient (Wildman–Crippen LogP) is 3.28. The van der Waals surface area contributed by atoms with Crippen molar-refractivity contribution in [3.8, 4) is 0 Å². The lowest BCUT2D eigenvalue weighted by atomic mass is 9.84. The zero-order chi connectivity index (χ0) is 16.6. The number of nitrogen functional groups attached to an aromatic ring is 1. The number of aromatic nitrogens is 3. The molecule has 23 heavy (non-hydrogen) atoms. The number of imidazole rings is 1. The van der Waals surface area contributed by atoms with Crippen LogP contribution in [-0.4, -0.2) is 25.2 Å². The Morgan fingerprint density at radius 3 is 2.52 bits per heavy atom. The van der Waals surface area contributed by atoms with Crippen LogP contribution < -0.4 is 5.73 Å². The molecule has 0 unspecified atom stereocenters. The van der Waals surface area contributed by atoms with Crippen LogP contribution in [0.15, 0.2) is 0 Å². The molecule has 2 heterocycles. The predicted molar refractivity (Wildman–Crippen MR) is 93.4 cm³/mol. The zero-order valence-corrected chi connectivity index (χ0v) is 14.5. The number of aryl methyl sites for hydroxylation is 3. The number of fused-ring (bicyclic) bond motifs is 1. The molecule has 0 radical (unpaired) electrons. The summed E-state index contributed by atoms with van der Waals surface area (Å²) in [5, 5.41) is 11.0. The van der Waals surface area contributed by atoms with E-state index in [0.717, 1.165) is 66.6 Å². The summed E-state index contributed by atoms with van der Waals surface area (Å²) in [5.41, 5.74) is 9.40. The molecule has 3 rings (SSSR count). The van der Waals surface area contributed by atoms with Crippen LogP contribution in [0.2, 0.25) is 0 Å². The smallest absolute Gasteiger partial charge is 0.151 e. The summed E-state index contributed by atoms with van der Waals surface area (Å²) in [4.78, 5) is 9.18. The fraction of sp³-hybridized carbons (Fsp3) is 0.667. The SMILES string of the molecule is CCCc1nc2c(N)nc(C)c(C)c2n1CC1(O)CCCCC1. The van der Waals surface area contributed by atoms with E-state index in [0.29, 0.717) is 12.4 Å². The highest BCUT2D eigenvalue weighted by molar-refractivity contribution is 5.88. The van der Waals surface area contributed by atoms with Crippen molar-refractivity contribution in [2.45, 2.75) is 77.9 Å². The van der Waals surface area contributed by atoms with Crippen molar-refractivity contribution in [3.05, 3.63) is 17.1 Å². The highest BCUT2D eigenvalue weighted by Crippen LogP contribution is 2.33. The summed E-state index contributed by atoms with van der Waals surface area (Å²) in [5.74, 6) is 1.51. The van der Waals surface area contributed by atoms with E-state index in [9.17, 15) is 5.11 Å². The van der Waals surface area contributed by atoms with E-state index in [1.54, 1.807) is 0 Å². The average Bonchev–Trinajstić information content (AvgIpc) is 2.85. The summed E-state index contributed by atoms with van der Waals surface area (Å²) in [6.07, 6.45) is 7.09. The quantitative estimate of drug-likeness (QED) is 0.907. The minimum absolute atomic E-state index is 0.495. The summed E-state index contributed by atoms with van der Waals surface area (Å²) in [7, 11) is 0. The van der Waals surface area contributed by atoms with Gasteiger partial charge in [-0.25, -0.2) is 9.97 Å². The lowest BCUT2D eigenvalue weighted by Gasteiger charge is -2.33. The monoisotopic (exact) mass is 316 g/mol. The molecule has 1 saturated carbocycles. The summed E-state index contributed by atoms with van der Waals surface area (Å²) >= 11 is 0. The lowest BCUT2D eigenvalue weighted by molar-refractivity contribution is -0.0112. The molecule has 1 fully saturated rings. The van der Waals surface area contributed by atoms with Gasteiger partial charge in [-0.05, 0) is 38.7 Å². The Kier molecular flexibility index (Phi) is 4.32. The van der Waals surface area contributed by atoms with Gasteiger partial charge in [-0.15, -0.1) is 0 Å². The zero-order valence-electron chi connectivity index (χ0n) is 14.5. The molecular weight excluding hydrogens is 288 g/mol. The highest BCUT2D eigenvalue weighted by Gasteiger charge is 2.31. The van der Waals surface area contributed by atoms with Gasteiger partial charge in [0.1, 0.15) is 11.3 Å². The molecule has 5 heteroatoms. The van der Waals surface area contributed by atoms with E-state index in [1.165, 1.54) is 6.42 Å². The Balaban J connectivity index is 2.14. The van der Waals surface area contributed by atoms with Crippen LogP contribution in [0, 0.1) is 13.8 Å². The number of nitrogens with zero attached hydrogens (tertiary/aromatic N) is 3. The normalized spacial score (nSPS) is 17.7. The van der Waals surface area contributed by atoms with Crippen LogP contribution in [0.3, 0.4) is 0 Å². The summed E-state index contributed by atoms with van der Waals surface area (Å²) in [6.45, 7) is 6.82. The third-order valence-corrected chi connectivity index (χ3v) is 5.19. The molecule has 2 aromatic heterocycles. The first kappa shape index (κ1) is 16.2. The summed E-state index contributed by atoms with van der Waals surface area (Å²) in [6, 6.07) is 0. The van der Waals surface area contributed by atoms with Crippen LogP contribution in [-0.2, 0) is 13.0 Å². The molecule has 1 aliphatic carbocycles. The Bertz CT molecular complexity index is 714. The minimum Gasteiger partial charge on any atom is -0.388 e. The number of hydrogen-bond acceptors (Lipinski definition) is 4. The second-order valence-electron chi connectivity index (χ2n) is 7.05. The topological polar surface area (TPSA) is 77.0 Å². The fourth-order valence-corrected chi connectivity index (χ4v) is 3.79. The number of nitrogens with two attached hydrogens (primary N) is 1. The van der Waals surface area contributed by atoms with Crippen molar-refractivity contribution >= 4 is 16.9 Å². The van der Waals surface area contributed by atoms with Gasteiger partial charge in [0, 0.05) is 12.1 Å². The van der Waals surface area contributed by atoms with Gasteiger partial charge in [0.05, 0.1) is 17.7 Å². The fourth-order valence-electron chi connectivity index (χ4n) is 3.79. The van der Waals surface area contributed by atoms with Crippen molar-refractivity contribution in [1.29, 1.82) is 0 Å². The maximum Gasteiger partial charge on any atom is 0.151 e. The average molecular weight is 316 g/mol. The van der Waals surface area contributed by atoms with Crippen molar-refractivity contribution < 1.29 is 5.11 Å². The standard InChI is InChI=1S/C18H28N4O/c1-4-8-14-21-15-16(12(2)13(3)20-17(15)19)22(14)11-18(23)9-6-5-7-10-18/h23H,4-11H2,1-3H3,(H2,19,20). The molecule has 3 N–H and O–H groups in total. The van der Waals surface area contributed by atoms with Crippen LogP contribution in [0.25, 0.3) is 11.0 Å². The first-order chi connectivity index (χ1) is 10.9. The molecule has 0 atom stereocenters. The Hall–Kier alpha value is -1.62. The first-order valence-corrected chi connectivity index (χ1v) is 8.79. The molecule has 0 aromatic carbocycles. The third-order valence-electron chi connectivity index (χ3n) is 5.19. The molecule has 0 saturated heterocycles. The Morgan fingerprint density at radius 1 is 1.17 bits per heavy atom. The molecular formula is C18H28N4O. The van der Waals surface area contributed by atoms with Crippen molar-refractivity contribution in [1.82, 2.24) is 14.5 Å². The molecule has 0 bridgehead atoms. The Morgan fingerprint density at radius 2 is 1.87 bits per heavy atom. The highest BCUT2D eigenvalue weighted by atomic mass is 16.3. The molecule has 0 aliphatic heterocycles. The molecule has 1 aliphatic rings. The molecule has 0 amide bonds. The van der Waals surface area contributed by atoms with Crippen molar-refractivity contribution in [2.24, 2.45) is 0 Å². The van der Waals surface area contributed by atoms with Gasteiger partial charge in [-0.3, -0.25) is 0 Å².